The van der Waals surface area contributed by atoms with E-state index in [0.717, 1.165) is 36.8 Å². The Balaban J connectivity index is 1.37. The van der Waals surface area contributed by atoms with E-state index in [0.29, 0.717) is 19.4 Å². The highest BCUT2D eigenvalue weighted by Crippen LogP contribution is 2.25. The van der Waals surface area contributed by atoms with Crippen LogP contribution in [0.5, 0.6) is 5.75 Å². The Morgan fingerprint density at radius 2 is 1.81 bits per heavy atom. The average molecular weight is 446 g/mol. The first-order chi connectivity index (χ1) is 15.5. The highest BCUT2D eigenvalue weighted by atomic mass is 19.3. The molecular weight excluding hydrogens is 416 g/mol. The zero-order chi connectivity index (χ0) is 22.7. The molecule has 0 saturated heterocycles. The molecule has 1 heterocycles. The summed E-state index contributed by atoms with van der Waals surface area (Å²) >= 11 is 0. The Bertz CT molecular complexity index is 855. The van der Waals surface area contributed by atoms with Crippen molar-refractivity contribution in [3.05, 3.63) is 59.9 Å². The lowest BCUT2D eigenvalue weighted by atomic mass is 9.89. The van der Waals surface area contributed by atoms with E-state index in [1.807, 2.05) is 12.1 Å². The normalized spacial score (nSPS) is 14.9. The molecule has 8 heteroatoms. The Morgan fingerprint density at radius 1 is 1.09 bits per heavy atom. The van der Waals surface area contributed by atoms with Gasteiger partial charge in [0.15, 0.2) is 0 Å². The number of oxime groups is 1. The van der Waals surface area contributed by atoms with Gasteiger partial charge in [0.25, 0.3) is 0 Å². The predicted octanol–water partition coefficient (Wildman–Crippen LogP) is 4.88. The van der Waals surface area contributed by atoms with Crippen LogP contribution < -0.4 is 10.1 Å². The summed E-state index contributed by atoms with van der Waals surface area (Å²) < 4.78 is 32.9. The molecule has 1 aliphatic carbocycles. The molecule has 1 aromatic carbocycles. The molecule has 6 nitrogen and oxygen atoms in total. The molecule has 3 rings (SSSR count). The molecule has 1 saturated carbocycles. The molecule has 1 aliphatic rings. The maximum absolute atomic E-state index is 14.1. The van der Waals surface area contributed by atoms with Crippen molar-refractivity contribution in [1.29, 1.82) is 0 Å². The number of carbonyl (C=O) groups is 1. The monoisotopic (exact) mass is 445 g/mol. The number of pyridine rings is 1. The van der Waals surface area contributed by atoms with Crippen LogP contribution in [-0.4, -0.2) is 29.8 Å². The Labute approximate surface area is 187 Å². The molecule has 2 aromatic rings. The Hall–Kier alpha value is -3.03. The highest BCUT2D eigenvalue weighted by Gasteiger charge is 2.42. The van der Waals surface area contributed by atoms with Gasteiger partial charge < -0.3 is 14.9 Å². The summed E-state index contributed by atoms with van der Waals surface area (Å²) in [6.45, 7) is 0.637. The SMILES string of the molecule is O=C(NCC1CCCCC1)C(F)(F)Oc1ccc(CCC=NOCc2ccncc2)cc1. The fraction of sp³-hybridized carbons (Fsp3) is 0.458. The van der Waals surface area contributed by atoms with Crippen molar-refractivity contribution in [2.24, 2.45) is 11.1 Å². The average Bonchev–Trinajstić information content (AvgIpc) is 2.82. The van der Waals surface area contributed by atoms with Crippen molar-refractivity contribution in [2.75, 3.05) is 6.54 Å². The summed E-state index contributed by atoms with van der Waals surface area (Å²) in [7, 11) is 0. The van der Waals surface area contributed by atoms with Gasteiger partial charge in [0.1, 0.15) is 12.4 Å². The van der Waals surface area contributed by atoms with E-state index in [9.17, 15) is 13.6 Å². The molecule has 1 fully saturated rings. The molecular formula is C24H29F2N3O3. The summed E-state index contributed by atoms with van der Waals surface area (Å²) in [6, 6.07) is 9.96. The molecule has 1 N–H and O–H groups in total. The summed E-state index contributed by atoms with van der Waals surface area (Å²) in [5.41, 5.74) is 1.91. The first kappa shape index (κ1) is 23.6. The standard InChI is InChI=1S/C24H29F2N3O3/c25-24(26,23(30)28-17-20-5-2-1-3-6-20)32-22-10-8-19(9-11-22)7-4-14-29-31-18-21-12-15-27-16-13-21/h8-16,20H,1-7,17-18H2,(H,28,30). The quantitative estimate of drug-likeness (QED) is 0.395. The number of aryl methyl sites for hydroxylation is 1. The van der Waals surface area contributed by atoms with E-state index < -0.39 is 12.0 Å². The second kappa shape index (κ2) is 12.1. The first-order valence-corrected chi connectivity index (χ1v) is 11.0. The second-order valence-electron chi connectivity index (χ2n) is 7.93. The van der Waals surface area contributed by atoms with Crippen molar-refractivity contribution in [2.45, 2.75) is 57.7 Å². The van der Waals surface area contributed by atoms with Crippen LogP contribution in [0.3, 0.4) is 0 Å². The molecule has 0 unspecified atom stereocenters. The maximum atomic E-state index is 14.1. The number of amides is 1. The number of benzene rings is 1. The van der Waals surface area contributed by atoms with Crippen molar-refractivity contribution in [1.82, 2.24) is 10.3 Å². The van der Waals surface area contributed by atoms with Crippen molar-refractivity contribution in [3.63, 3.8) is 0 Å². The second-order valence-corrected chi connectivity index (χ2v) is 7.93. The van der Waals surface area contributed by atoms with Crippen LogP contribution in [0.1, 0.15) is 49.7 Å². The highest BCUT2D eigenvalue weighted by molar-refractivity contribution is 5.82. The maximum Gasteiger partial charge on any atom is 0.482 e. The summed E-state index contributed by atoms with van der Waals surface area (Å²) in [6.07, 6.45) is 7.72. The number of nitrogens with one attached hydrogen (secondary N) is 1. The lowest BCUT2D eigenvalue weighted by Crippen LogP contribution is -2.46. The molecule has 0 bridgehead atoms. The minimum atomic E-state index is -3.91. The van der Waals surface area contributed by atoms with Crippen molar-refractivity contribution >= 4 is 12.1 Å². The van der Waals surface area contributed by atoms with Crippen molar-refractivity contribution in [3.8, 4) is 5.75 Å². The van der Waals surface area contributed by atoms with Crippen LogP contribution in [0.2, 0.25) is 0 Å². The number of alkyl halides is 2. The molecule has 0 atom stereocenters. The van der Waals surface area contributed by atoms with Crippen LogP contribution >= 0.6 is 0 Å². The number of hydrogen-bond acceptors (Lipinski definition) is 5. The zero-order valence-corrected chi connectivity index (χ0v) is 18.0. The summed E-state index contributed by atoms with van der Waals surface area (Å²) in [5, 5.41) is 6.24. The third kappa shape index (κ3) is 7.90. The zero-order valence-electron chi connectivity index (χ0n) is 18.0. The van der Waals surface area contributed by atoms with Crippen LogP contribution in [0.4, 0.5) is 8.78 Å². The number of halogens is 2. The van der Waals surface area contributed by atoms with Crippen LogP contribution in [0.25, 0.3) is 0 Å². The van der Waals surface area contributed by atoms with Crippen molar-refractivity contribution < 1.29 is 23.1 Å². The Kier molecular flexibility index (Phi) is 8.95. The number of ether oxygens (including phenoxy) is 1. The lowest BCUT2D eigenvalue weighted by molar-refractivity contribution is -0.193. The van der Waals surface area contributed by atoms with E-state index >= 15 is 0 Å². The van der Waals surface area contributed by atoms with Gasteiger partial charge in [-0.2, -0.15) is 8.78 Å². The molecule has 0 aliphatic heterocycles. The van der Waals surface area contributed by atoms with Crippen LogP contribution in [0, 0.1) is 5.92 Å². The molecule has 1 amide bonds. The van der Waals surface area contributed by atoms with Gasteiger partial charge in [-0.25, -0.2) is 0 Å². The molecule has 0 spiro atoms. The number of rotatable bonds is 11. The molecule has 172 valence electrons. The number of nitrogens with zero attached hydrogens (tertiary/aromatic N) is 2. The van der Waals surface area contributed by atoms with E-state index in [1.54, 1.807) is 30.7 Å². The topological polar surface area (TPSA) is 72.8 Å². The van der Waals surface area contributed by atoms with Gasteiger partial charge in [0, 0.05) is 25.2 Å². The molecule has 1 aromatic heterocycles. The van der Waals surface area contributed by atoms with E-state index in [1.165, 1.54) is 18.6 Å². The largest absolute Gasteiger partial charge is 0.482 e. The minimum absolute atomic E-state index is 0.0547. The fourth-order valence-corrected chi connectivity index (χ4v) is 3.58. The number of carbonyl (C=O) groups excluding carboxylic acids is 1. The van der Waals surface area contributed by atoms with Gasteiger partial charge in [0.05, 0.1) is 0 Å². The van der Waals surface area contributed by atoms with E-state index in [2.05, 4.69) is 20.2 Å². The smallest absolute Gasteiger partial charge is 0.425 e. The summed E-state index contributed by atoms with van der Waals surface area (Å²) in [5.74, 6) is -1.18. The third-order valence-corrected chi connectivity index (χ3v) is 5.40. The van der Waals surface area contributed by atoms with Gasteiger partial charge in [-0.1, -0.05) is 36.6 Å². The Morgan fingerprint density at radius 3 is 2.53 bits per heavy atom. The van der Waals surface area contributed by atoms with E-state index in [-0.39, 0.29) is 18.2 Å². The number of aromatic nitrogens is 1. The first-order valence-electron chi connectivity index (χ1n) is 11.0. The fourth-order valence-electron chi connectivity index (χ4n) is 3.58. The van der Waals surface area contributed by atoms with E-state index in [4.69, 9.17) is 4.84 Å². The van der Waals surface area contributed by atoms with Crippen LogP contribution in [-0.2, 0) is 22.7 Å². The minimum Gasteiger partial charge on any atom is -0.425 e. The lowest BCUT2D eigenvalue weighted by Gasteiger charge is -2.23. The van der Waals surface area contributed by atoms with Gasteiger partial charge in [-0.15, -0.1) is 0 Å². The molecule has 32 heavy (non-hydrogen) atoms. The molecule has 0 radical (unpaired) electrons. The predicted molar refractivity (Wildman–Crippen MR) is 117 cm³/mol. The van der Waals surface area contributed by atoms with Gasteiger partial charge in [0.2, 0.25) is 0 Å². The van der Waals surface area contributed by atoms with Crippen LogP contribution in [0.15, 0.2) is 53.9 Å². The van der Waals surface area contributed by atoms with Gasteiger partial charge in [-0.3, -0.25) is 9.78 Å². The summed E-state index contributed by atoms with van der Waals surface area (Å²) in [4.78, 5) is 21.0. The van der Waals surface area contributed by atoms with Gasteiger partial charge >= 0.3 is 12.0 Å². The number of hydrogen-bond donors (Lipinski definition) is 1. The van der Waals surface area contributed by atoms with Gasteiger partial charge in [-0.05, 0) is 67.0 Å². The third-order valence-electron chi connectivity index (χ3n) is 5.40.